The van der Waals surface area contributed by atoms with Crippen LogP contribution in [-0.4, -0.2) is 33.6 Å². The van der Waals surface area contributed by atoms with Gasteiger partial charge in [-0.2, -0.15) is 0 Å². The van der Waals surface area contributed by atoms with Crippen LogP contribution >= 0.6 is 12.4 Å². The molecule has 0 aliphatic heterocycles. The van der Waals surface area contributed by atoms with Crippen molar-refractivity contribution in [2.75, 3.05) is 13.7 Å². The van der Waals surface area contributed by atoms with E-state index in [1.165, 1.54) is 13.2 Å². The van der Waals surface area contributed by atoms with Crippen molar-refractivity contribution in [3.05, 3.63) is 35.4 Å². The zero-order chi connectivity index (χ0) is 16.4. The van der Waals surface area contributed by atoms with E-state index >= 15 is 0 Å². The van der Waals surface area contributed by atoms with E-state index in [0.717, 1.165) is 12.8 Å². The maximum atomic E-state index is 12.4. The molecule has 1 atom stereocenters. The zero-order valence-corrected chi connectivity index (χ0v) is 14.9. The Kier molecular flexibility index (Phi) is 6.59. The second kappa shape index (κ2) is 7.61. The Morgan fingerprint density at radius 2 is 2.09 bits per heavy atom. The van der Waals surface area contributed by atoms with E-state index in [-0.39, 0.29) is 24.7 Å². The summed E-state index contributed by atoms with van der Waals surface area (Å²) in [6, 6.07) is 6.42. The highest BCUT2D eigenvalue weighted by atomic mass is 35.5. The molecule has 3 N–H and O–H groups in total. The average Bonchev–Trinajstić information content (AvgIpc) is 3.30. The quantitative estimate of drug-likeness (QED) is 0.715. The standard InChI is InChI=1S/C15H22N2O4S.ClH/c1-15(10-16,13-6-7-13)17-22(19,20)9-11-4-3-5-12(8-11)14(18)21-2;/h3-5,8,13,17H,6-7,9-10,16H2,1-2H3;1H. The van der Waals surface area contributed by atoms with E-state index in [4.69, 9.17) is 5.73 Å². The third-order valence-corrected chi connectivity index (χ3v) is 5.49. The molecule has 8 heteroatoms. The lowest BCUT2D eigenvalue weighted by Crippen LogP contribution is -2.53. The molecule has 1 unspecified atom stereocenters. The van der Waals surface area contributed by atoms with Crippen LogP contribution in [0.2, 0.25) is 0 Å². The summed E-state index contributed by atoms with van der Waals surface area (Å²) < 4.78 is 32.1. The van der Waals surface area contributed by atoms with Crippen molar-refractivity contribution in [3.8, 4) is 0 Å². The van der Waals surface area contributed by atoms with E-state index in [0.29, 0.717) is 17.0 Å². The molecular formula is C15H23ClN2O4S. The van der Waals surface area contributed by atoms with Crippen molar-refractivity contribution < 1.29 is 17.9 Å². The van der Waals surface area contributed by atoms with Crippen LogP contribution in [0.4, 0.5) is 0 Å². The second-order valence-corrected chi connectivity index (χ2v) is 7.67. The van der Waals surface area contributed by atoms with Gasteiger partial charge in [-0.05, 0) is 43.4 Å². The van der Waals surface area contributed by atoms with Crippen LogP contribution in [0.15, 0.2) is 24.3 Å². The minimum Gasteiger partial charge on any atom is -0.465 e. The highest BCUT2D eigenvalue weighted by molar-refractivity contribution is 7.88. The fourth-order valence-corrected chi connectivity index (χ4v) is 4.18. The lowest BCUT2D eigenvalue weighted by Gasteiger charge is -2.29. The Bertz CT molecular complexity index is 661. The summed E-state index contributed by atoms with van der Waals surface area (Å²) >= 11 is 0. The second-order valence-electron chi connectivity index (χ2n) is 5.95. The molecule has 1 fully saturated rings. The van der Waals surface area contributed by atoms with Crippen molar-refractivity contribution in [3.63, 3.8) is 0 Å². The van der Waals surface area contributed by atoms with Gasteiger partial charge in [0.1, 0.15) is 0 Å². The van der Waals surface area contributed by atoms with Gasteiger partial charge in [-0.25, -0.2) is 17.9 Å². The van der Waals surface area contributed by atoms with Crippen molar-refractivity contribution in [2.24, 2.45) is 11.7 Å². The normalized spacial score (nSPS) is 17.0. The molecule has 1 aliphatic rings. The highest BCUT2D eigenvalue weighted by Gasteiger charge is 2.42. The molecule has 0 aromatic heterocycles. The number of nitrogens with two attached hydrogens (primary N) is 1. The van der Waals surface area contributed by atoms with Gasteiger partial charge in [-0.3, -0.25) is 0 Å². The van der Waals surface area contributed by atoms with Crippen LogP contribution in [0.1, 0.15) is 35.7 Å². The number of hydrogen-bond acceptors (Lipinski definition) is 5. The Labute approximate surface area is 143 Å². The fourth-order valence-electron chi connectivity index (χ4n) is 2.53. The Balaban J connectivity index is 0.00000264. The Morgan fingerprint density at radius 1 is 1.43 bits per heavy atom. The summed E-state index contributed by atoms with van der Waals surface area (Å²) in [7, 11) is -2.25. The summed E-state index contributed by atoms with van der Waals surface area (Å²) in [5.74, 6) is -0.384. The summed E-state index contributed by atoms with van der Waals surface area (Å²) in [6.45, 7) is 2.10. The first-order chi connectivity index (χ1) is 10.3. The summed E-state index contributed by atoms with van der Waals surface area (Å²) in [6.07, 6.45) is 1.99. The SMILES string of the molecule is COC(=O)c1cccc(CS(=O)(=O)NC(C)(CN)C2CC2)c1.Cl. The van der Waals surface area contributed by atoms with Gasteiger partial charge in [0.05, 0.1) is 18.4 Å². The maximum Gasteiger partial charge on any atom is 0.337 e. The van der Waals surface area contributed by atoms with E-state index in [2.05, 4.69) is 9.46 Å². The largest absolute Gasteiger partial charge is 0.465 e. The summed E-state index contributed by atoms with van der Waals surface area (Å²) in [4.78, 5) is 11.5. The number of esters is 1. The highest BCUT2D eigenvalue weighted by Crippen LogP contribution is 2.39. The van der Waals surface area contributed by atoms with Gasteiger partial charge < -0.3 is 10.5 Å². The average molecular weight is 363 g/mol. The monoisotopic (exact) mass is 362 g/mol. The van der Waals surface area contributed by atoms with Gasteiger partial charge in [0.25, 0.3) is 0 Å². The van der Waals surface area contributed by atoms with E-state index in [1.54, 1.807) is 18.2 Å². The molecule has 130 valence electrons. The van der Waals surface area contributed by atoms with Crippen molar-refractivity contribution in [2.45, 2.75) is 31.1 Å². The molecule has 2 rings (SSSR count). The van der Waals surface area contributed by atoms with Gasteiger partial charge in [0.2, 0.25) is 10.0 Å². The minimum absolute atomic E-state index is 0. The first-order valence-corrected chi connectivity index (χ1v) is 8.84. The molecule has 1 aromatic carbocycles. The number of halogens is 1. The summed E-state index contributed by atoms with van der Waals surface area (Å²) in [5.41, 5.74) is 6.01. The zero-order valence-electron chi connectivity index (χ0n) is 13.2. The van der Waals surface area contributed by atoms with Crippen LogP contribution in [0, 0.1) is 5.92 Å². The number of methoxy groups -OCH3 is 1. The Hall–Kier alpha value is -1.15. The minimum atomic E-state index is -3.54. The summed E-state index contributed by atoms with van der Waals surface area (Å²) in [5, 5.41) is 0. The molecule has 0 radical (unpaired) electrons. The number of nitrogens with one attached hydrogen (secondary N) is 1. The van der Waals surface area contributed by atoms with Gasteiger partial charge in [0.15, 0.2) is 0 Å². The van der Waals surface area contributed by atoms with E-state index in [1.807, 2.05) is 6.92 Å². The third-order valence-electron chi connectivity index (χ3n) is 4.00. The molecular weight excluding hydrogens is 340 g/mol. The Morgan fingerprint density at radius 3 is 2.61 bits per heavy atom. The molecule has 23 heavy (non-hydrogen) atoms. The molecule has 0 saturated heterocycles. The van der Waals surface area contributed by atoms with Crippen molar-refractivity contribution in [1.82, 2.24) is 4.72 Å². The third kappa shape index (κ3) is 5.17. The number of rotatable bonds is 7. The van der Waals surface area contributed by atoms with E-state index in [9.17, 15) is 13.2 Å². The molecule has 0 heterocycles. The first kappa shape index (κ1) is 19.9. The fraction of sp³-hybridized carbons (Fsp3) is 0.533. The lowest BCUT2D eigenvalue weighted by molar-refractivity contribution is 0.0600. The smallest absolute Gasteiger partial charge is 0.337 e. The molecule has 6 nitrogen and oxygen atoms in total. The number of carbonyl (C=O) groups is 1. The van der Waals surface area contributed by atoms with Crippen molar-refractivity contribution >= 4 is 28.4 Å². The number of carbonyl (C=O) groups excluding carboxylic acids is 1. The van der Waals surface area contributed by atoms with Crippen LogP contribution < -0.4 is 10.5 Å². The van der Waals surface area contributed by atoms with Crippen LogP contribution in [0.25, 0.3) is 0 Å². The molecule has 1 saturated carbocycles. The predicted molar refractivity (Wildman–Crippen MR) is 91.0 cm³/mol. The lowest BCUT2D eigenvalue weighted by atomic mass is 9.98. The number of sulfonamides is 1. The maximum absolute atomic E-state index is 12.4. The molecule has 0 bridgehead atoms. The van der Waals surface area contributed by atoms with Crippen molar-refractivity contribution in [1.29, 1.82) is 0 Å². The first-order valence-electron chi connectivity index (χ1n) is 7.18. The van der Waals surface area contributed by atoms with Crippen LogP contribution in [0.3, 0.4) is 0 Å². The van der Waals surface area contributed by atoms with Crippen LogP contribution in [-0.2, 0) is 20.5 Å². The molecule has 0 amide bonds. The van der Waals surface area contributed by atoms with E-state index < -0.39 is 21.5 Å². The topological polar surface area (TPSA) is 98.5 Å². The van der Waals surface area contributed by atoms with Crippen LogP contribution in [0.5, 0.6) is 0 Å². The van der Waals surface area contributed by atoms with Gasteiger partial charge in [-0.15, -0.1) is 12.4 Å². The molecule has 1 aliphatic carbocycles. The number of ether oxygens (including phenoxy) is 1. The molecule has 0 spiro atoms. The number of benzene rings is 1. The van der Waals surface area contributed by atoms with Gasteiger partial charge >= 0.3 is 5.97 Å². The predicted octanol–water partition coefficient (Wildman–Crippen LogP) is 1.44. The number of hydrogen-bond donors (Lipinski definition) is 2. The van der Waals surface area contributed by atoms with Gasteiger partial charge in [0, 0.05) is 12.1 Å². The van der Waals surface area contributed by atoms with Gasteiger partial charge in [-0.1, -0.05) is 12.1 Å². The molecule has 1 aromatic rings.